The molecule has 0 fully saturated rings. The second-order valence-corrected chi connectivity index (χ2v) is 2.31. The summed E-state index contributed by atoms with van der Waals surface area (Å²) < 4.78 is 10.1. The highest BCUT2D eigenvalue weighted by molar-refractivity contribution is 4.56. The highest BCUT2D eigenvalue weighted by atomic mass is 16.5. The van der Waals surface area contributed by atoms with Crippen LogP contribution in [0.3, 0.4) is 0 Å². The van der Waals surface area contributed by atoms with Crippen LogP contribution in [0.4, 0.5) is 0 Å². The van der Waals surface area contributed by atoms with Gasteiger partial charge >= 0.3 is 0 Å². The van der Waals surface area contributed by atoms with Crippen molar-refractivity contribution < 1.29 is 9.47 Å². The molecule has 0 saturated carbocycles. The molecule has 0 aliphatic rings. The SMILES string of the molecule is [CH2]CCCC(COC)OC. The lowest BCUT2D eigenvalue weighted by Crippen LogP contribution is -2.16. The van der Waals surface area contributed by atoms with Crippen LogP contribution in [0.1, 0.15) is 19.3 Å². The molecular weight excluding hydrogens is 128 g/mol. The molecule has 0 N–H and O–H groups in total. The van der Waals surface area contributed by atoms with E-state index < -0.39 is 0 Å². The summed E-state index contributed by atoms with van der Waals surface area (Å²) in [5, 5.41) is 0. The van der Waals surface area contributed by atoms with Crippen molar-refractivity contribution in [1.82, 2.24) is 0 Å². The van der Waals surface area contributed by atoms with E-state index in [2.05, 4.69) is 6.92 Å². The Kier molecular flexibility index (Phi) is 6.98. The minimum absolute atomic E-state index is 0.256. The maximum Gasteiger partial charge on any atom is 0.0804 e. The Labute approximate surface area is 63.5 Å². The molecular formula is C8H17O2. The van der Waals surface area contributed by atoms with Gasteiger partial charge < -0.3 is 9.47 Å². The largest absolute Gasteiger partial charge is 0.382 e. The summed E-state index contributed by atoms with van der Waals surface area (Å²) in [6.07, 6.45) is 3.39. The van der Waals surface area contributed by atoms with Crippen LogP contribution in [0.2, 0.25) is 0 Å². The summed E-state index contributed by atoms with van der Waals surface area (Å²) in [4.78, 5) is 0. The minimum Gasteiger partial charge on any atom is -0.382 e. The zero-order valence-electron chi connectivity index (χ0n) is 6.93. The molecule has 1 radical (unpaired) electrons. The first-order valence-electron chi connectivity index (χ1n) is 3.66. The lowest BCUT2D eigenvalue weighted by Gasteiger charge is -2.12. The molecule has 1 atom stereocenters. The van der Waals surface area contributed by atoms with Crippen molar-refractivity contribution in [3.8, 4) is 0 Å². The summed E-state index contributed by atoms with van der Waals surface area (Å²) in [5.74, 6) is 0. The third kappa shape index (κ3) is 4.77. The molecule has 0 aromatic heterocycles. The second-order valence-electron chi connectivity index (χ2n) is 2.31. The molecule has 0 heterocycles. The molecule has 0 aliphatic heterocycles. The summed E-state index contributed by atoms with van der Waals surface area (Å²) in [5.41, 5.74) is 0. The van der Waals surface area contributed by atoms with Gasteiger partial charge in [0.1, 0.15) is 0 Å². The molecule has 0 aromatic carbocycles. The van der Waals surface area contributed by atoms with E-state index in [9.17, 15) is 0 Å². The maximum absolute atomic E-state index is 5.14. The van der Waals surface area contributed by atoms with E-state index in [0.29, 0.717) is 6.61 Å². The van der Waals surface area contributed by atoms with E-state index in [1.807, 2.05) is 0 Å². The molecule has 0 spiro atoms. The molecule has 61 valence electrons. The molecule has 0 bridgehead atoms. The molecule has 2 heteroatoms. The van der Waals surface area contributed by atoms with E-state index in [4.69, 9.17) is 9.47 Å². The Morgan fingerprint density at radius 2 is 2.10 bits per heavy atom. The van der Waals surface area contributed by atoms with Crippen molar-refractivity contribution in [3.63, 3.8) is 0 Å². The normalized spacial score (nSPS) is 13.5. The quantitative estimate of drug-likeness (QED) is 0.566. The highest BCUT2D eigenvalue weighted by Gasteiger charge is 2.04. The van der Waals surface area contributed by atoms with Crippen molar-refractivity contribution in [2.75, 3.05) is 20.8 Å². The van der Waals surface area contributed by atoms with Gasteiger partial charge in [0, 0.05) is 14.2 Å². The van der Waals surface area contributed by atoms with Crippen molar-refractivity contribution in [2.24, 2.45) is 0 Å². The van der Waals surface area contributed by atoms with Crippen molar-refractivity contribution in [1.29, 1.82) is 0 Å². The van der Waals surface area contributed by atoms with Gasteiger partial charge in [0.15, 0.2) is 0 Å². The van der Waals surface area contributed by atoms with Gasteiger partial charge in [-0.1, -0.05) is 19.8 Å². The van der Waals surface area contributed by atoms with E-state index in [1.165, 1.54) is 0 Å². The van der Waals surface area contributed by atoms with E-state index >= 15 is 0 Å². The highest BCUT2D eigenvalue weighted by Crippen LogP contribution is 2.03. The molecule has 0 saturated heterocycles. The summed E-state index contributed by atoms with van der Waals surface area (Å²) in [6.45, 7) is 4.45. The predicted molar refractivity (Wildman–Crippen MR) is 41.9 cm³/mol. The van der Waals surface area contributed by atoms with Gasteiger partial charge in [-0.05, 0) is 6.42 Å². The minimum atomic E-state index is 0.256. The number of hydrogen-bond donors (Lipinski definition) is 0. The van der Waals surface area contributed by atoms with Crippen LogP contribution in [-0.4, -0.2) is 26.9 Å². The van der Waals surface area contributed by atoms with E-state index in [1.54, 1.807) is 14.2 Å². The number of hydrogen-bond acceptors (Lipinski definition) is 2. The van der Waals surface area contributed by atoms with Crippen LogP contribution < -0.4 is 0 Å². The fraction of sp³-hybridized carbons (Fsp3) is 0.875. The number of ether oxygens (including phenoxy) is 2. The number of methoxy groups -OCH3 is 2. The van der Waals surface area contributed by atoms with Crippen LogP contribution >= 0.6 is 0 Å². The van der Waals surface area contributed by atoms with Gasteiger partial charge in [0.05, 0.1) is 12.7 Å². The summed E-state index contributed by atoms with van der Waals surface area (Å²) >= 11 is 0. The molecule has 10 heavy (non-hydrogen) atoms. The van der Waals surface area contributed by atoms with Crippen LogP contribution in [0.15, 0.2) is 0 Å². The Bertz CT molecular complexity index is 64.3. The molecule has 2 nitrogen and oxygen atoms in total. The fourth-order valence-electron chi connectivity index (χ4n) is 0.827. The Morgan fingerprint density at radius 3 is 2.50 bits per heavy atom. The fourth-order valence-corrected chi connectivity index (χ4v) is 0.827. The van der Waals surface area contributed by atoms with Crippen LogP contribution in [0.5, 0.6) is 0 Å². The lowest BCUT2D eigenvalue weighted by molar-refractivity contribution is 0.0225. The topological polar surface area (TPSA) is 18.5 Å². The van der Waals surface area contributed by atoms with E-state index in [0.717, 1.165) is 19.3 Å². The van der Waals surface area contributed by atoms with Crippen molar-refractivity contribution in [3.05, 3.63) is 6.92 Å². The van der Waals surface area contributed by atoms with Gasteiger partial charge in [0.2, 0.25) is 0 Å². The van der Waals surface area contributed by atoms with Gasteiger partial charge in [0.25, 0.3) is 0 Å². The lowest BCUT2D eigenvalue weighted by atomic mass is 10.2. The van der Waals surface area contributed by atoms with Gasteiger partial charge in [-0.15, -0.1) is 0 Å². The zero-order chi connectivity index (χ0) is 7.82. The summed E-state index contributed by atoms with van der Waals surface area (Å²) in [6, 6.07) is 0. The Hall–Kier alpha value is -0.0800. The third-order valence-electron chi connectivity index (χ3n) is 1.46. The molecule has 1 unspecified atom stereocenters. The van der Waals surface area contributed by atoms with Crippen molar-refractivity contribution >= 4 is 0 Å². The van der Waals surface area contributed by atoms with Crippen molar-refractivity contribution in [2.45, 2.75) is 25.4 Å². The maximum atomic E-state index is 5.14. The predicted octanol–water partition coefficient (Wildman–Crippen LogP) is 1.65. The number of unbranched alkanes of at least 4 members (excludes halogenated alkanes) is 1. The second kappa shape index (κ2) is 7.03. The first-order chi connectivity index (χ1) is 4.85. The first kappa shape index (κ1) is 9.92. The smallest absolute Gasteiger partial charge is 0.0804 e. The number of rotatable bonds is 6. The van der Waals surface area contributed by atoms with Crippen LogP contribution in [0.25, 0.3) is 0 Å². The van der Waals surface area contributed by atoms with Gasteiger partial charge in [-0.3, -0.25) is 0 Å². The average Bonchev–Trinajstić information content (AvgIpc) is 1.98. The first-order valence-corrected chi connectivity index (χ1v) is 3.66. The monoisotopic (exact) mass is 145 g/mol. The van der Waals surface area contributed by atoms with Crippen LogP contribution in [-0.2, 0) is 9.47 Å². The van der Waals surface area contributed by atoms with E-state index in [-0.39, 0.29) is 6.10 Å². The van der Waals surface area contributed by atoms with Gasteiger partial charge in [-0.2, -0.15) is 0 Å². The third-order valence-corrected chi connectivity index (χ3v) is 1.46. The Balaban J connectivity index is 3.21. The zero-order valence-corrected chi connectivity index (χ0v) is 6.93. The molecule has 0 aliphatic carbocycles. The molecule has 0 rings (SSSR count). The van der Waals surface area contributed by atoms with Crippen LogP contribution in [0, 0.1) is 6.92 Å². The van der Waals surface area contributed by atoms with Gasteiger partial charge in [-0.25, -0.2) is 0 Å². The molecule has 0 amide bonds. The average molecular weight is 145 g/mol. The summed E-state index contributed by atoms with van der Waals surface area (Å²) in [7, 11) is 3.41. The Morgan fingerprint density at radius 1 is 1.40 bits per heavy atom. The molecule has 0 aromatic rings. The standard InChI is InChI=1S/C8H17O2/c1-4-5-6-8(10-3)7-9-2/h8H,1,4-7H2,2-3H3.